The molecule has 0 radical (unpaired) electrons. The molecule has 0 aliphatic rings. The van der Waals surface area contributed by atoms with Crippen LogP contribution in [0.3, 0.4) is 0 Å². The molecule has 0 saturated heterocycles. The Balaban J connectivity index is 2.59. The SMILES string of the molecule is CCCCC(CC)CNc1cc(F)c(C)cc1F. The second-order valence-electron chi connectivity index (χ2n) is 4.88. The van der Waals surface area contributed by atoms with E-state index in [1.807, 2.05) is 0 Å². The summed E-state index contributed by atoms with van der Waals surface area (Å²) in [6, 6.07) is 2.49. The summed E-state index contributed by atoms with van der Waals surface area (Å²) < 4.78 is 27.0. The van der Waals surface area contributed by atoms with Gasteiger partial charge in [-0.15, -0.1) is 0 Å². The number of benzene rings is 1. The predicted molar refractivity (Wildman–Crippen MR) is 72.9 cm³/mol. The molecule has 0 aromatic heterocycles. The van der Waals surface area contributed by atoms with E-state index < -0.39 is 0 Å². The summed E-state index contributed by atoms with van der Waals surface area (Å²) in [5, 5.41) is 3.03. The lowest BCUT2D eigenvalue weighted by Crippen LogP contribution is -2.14. The smallest absolute Gasteiger partial charge is 0.146 e. The molecule has 18 heavy (non-hydrogen) atoms. The molecule has 0 aliphatic carbocycles. The van der Waals surface area contributed by atoms with E-state index in [1.165, 1.54) is 25.0 Å². The van der Waals surface area contributed by atoms with E-state index in [4.69, 9.17) is 0 Å². The molecule has 1 aromatic rings. The van der Waals surface area contributed by atoms with Crippen molar-refractivity contribution < 1.29 is 8.78 Å². The minimum Gasteiger partial charge on any atom is -0.382 e. The lowest BCUT2D eigenvalue weighted by molar-refractivity contribution is 0.471. The Bertz CT molecular complexity index is 377. The fourth-order valence-electron chi connectivity index (χ4n) is 1.98. The third-order valence-corrected chi connectivity index (χ3v) is 3.37. The highest BCUT2D eigenvalue weighted by atomic mass is 19.1. The average Bonchev–Trinajstić information content (AvgIpc) is 2.35. The molecule has 1 N–H and O–H groups in total. The summed E-state index contributed by atoms with van der Waals surface area (Å²) >= 11 is 0. The van der Waals surface area contributed by atoms with Gasteiger partial charge in [-0.3, -0.25) is 0 Å². The summed E-state index contributed by atoms with van der Waals surface area (Å²) in [5.41, 5.74) is 0.615. The first-order chi connectivity index (χ1) is 8.58. The number of hydrogen-bond acceptors (Lipinski definition) is 1. The van der Waals surface area contributed by atoms with Crippen LogP contribution in [0.2, 0.25) is 0 Å². The topological polar surface area (TPSA) is 12.0 Å². The quantitative estimate of drug-likeness (QED) is 0.730. The molecule has 1 unspecified atom stereocenters. The van der Waals surface area contributed by atoms with Crippen LogP contribution in [0.15, 0.2) is 12.1 Å². The minimum atomic E-state index is -0.376. The summed E-state index contributed by atoms with van der Waals surface area (Å²) in [6.45, 7) is 6.57. The van der Waals surface area contributed by atoms with Gasteiger partial charge in [0, 0.05) is 12.6 Å². The molecular weight excluding hydrogens is 232 g/mol. The predicted octanol–water partition coefficient (Wildman–Crippen LogP) is 4.90. The summed E-state index contributed by atoms with van der Waals surface area (Å²) in [6.07, 6.45) is 4.55. The molecule has 3 heteroatoms. The molecule has 0 amide bonds. The summed E-state index contributed by atoms with van der Waals surface area (Å²) in [7, 11) is 0. The maximum absolute atomic E-state index is 13.6. The van der Waals surface area contributed by atoms with E-state index in [0.717, 1.165) is 12.8 Å². The highest BCUT2D eigenvalue weighted by Gasteiger charge is 2.10. The lowest BCUT2D eigenvalue weighted by atomic mass is 9.99. The fraction of sp³-hybridized carbons (Fsp3) is 0.600. The molecule has 0 heterocycles. The zero-order chi connectivity index (χ0) is 13.5. The molecule has 1 aromatic carbocycles. The highest BCUT2D eigenvalue weighted by molar-refractivity contribution is 5.46. The Morgan fingerprint density at radius 2 is 1.89 bits per heavy atom. The van der Waals surface area contributed by atoms with Gasteiger partial charge < -0.3 is 5.32 Å². The van der Waals surface area contributed by atoms with Crippen LogP contribution < -0.4 is 5.32 Å². The van der Waals surface area contributed by atoms with E-state index in [9.17, 15) is 8.78 Å². The van der Waals surface area contributed by atoms with Gasteiger partial charge >= 0.3 is 0 Å². The van der Waals surface area contributed by atoms with Crippen molar-refractivity contribution in [2.75, 3.05) is 11.9 Å². The Labute approximate surface area is 109 Å². The average molecular weight is 255 g/mol. The van der Waals surface area contributed by atoms with Gasteiger partial charge in [0.2, 0.25) is 0 Å². The molecule has 0 aliphatic heterocycles. The van der Waals surface area contributed by atoms with Crippen LogP contribution in [-0.2, 0) is 0 Å². The normalized spacial score (nSPS) is 12.5. The highest BCUT2D eigenvalue weighted by Crippen LogP contribution is 2.20. The number of halogens is 2. The van der Waals surface area contributed by atoms with Crippen molar-refractivity contribution in [3.05, 3.63) is 29.3 Å². The van der Waals surface area contributed by atoms with Gasteiger partial charge in [-0.1, -0.05) is 33.1 Å². The minimum absolute atomic E-state index is 0.271. The van der Waals surface area contributed by atoms with Crippen LogP contribution >= 0.6 is 0 Å². The number of nitrogens with one attached hydrogen (secondary N) is 1. The maximum Gasteiger partial charge on any atom is 0.146 e. The van der Waals surface area contributed by atoms with Crippen LogP contribution in [0.5, 0.6) is 0 Å². The Morgan fingerprint density at radius 1 is 1.17 bits per heavy atom. The molecular formula is C15H23F2N. The number of aryl methyl sites for hydroxylation is 1. The molecule has 102 valence electrons. The fourth-order valence-corrected chi connectivity index (χ4v) is 1.98. The zero-order valence-electron chi connectivity index (χ0n) is 11.5. The van der Waals surface area contributed by atoms with E-state index in [1.54, 1.807) is 6.92 Å². The third kappa shape index (κ3) is 4.28. The first-order valence-electron chi connectivity index (χ1n) is 6.78. The number of rotatable bonds is 7. The molecule has 1 rings (SSSR count). The van der Waals surface area contributed by atoms with E-state index in [2.05, 4.69) is 19.2 Å². The molecule has 1 atom stereocenters. The first-order valence-corrected chi connectivity index (χ1v) is 6.78. The van der Waals surface area contributed by atoms with Gasteiger partial charge in [0.1, 0.15) is 11.6 Å². The number of anilines is 1. The third-order valence-electron chi connectivity index (χ3n) is 3.37. The molecule has 1 nitrogen and oxygen atoms in total. The van der Waals surface area contributed by atoms with Crippen molar-refractivity contribution in [1.29, 1.82) is 0 Å². The molecule has 0 saturated carbocycles. The van der Waals surface area contributed by atoms with Crippen molar-refractivity contribution in [2.45, 2.75) is 46.5 Å². The van der Waals surface area contributed by atoms with Crippen LogP contribution in [0, 0.1) is 24.5 Å². The molecule has 0 spiro atoms. The lowest BCUT2D eigenvalue weighted by Gasteiger charge is -2.16. The number of unbranched alkanes of at least 4 members (excludes halogenated alkanes) is 1. The second kappa shape index (κ2) is 7.34. The van der Waals surface area contributed by atoms with Crippen molar-refractivity contribution in [2.24, 2.45) is 5.92 Å². The Morgan fingerprint density at radius 3 is 2.50 bits per heavy atom. The molecule has 0 fully saturated rings. The van der Waals surface area contributed by atoms with Gasteiger partial charge in [-0.05, 0) is 30.9 Å². The van der Waals surface area contributed by atoms with Gasteiger partial charge in [0.15, 0.2) is 0 Å². The van der Waals surface area contributed by atoms with Crippen molar-refractivity contribution in [3.63, 3.8) is 0 Å². The van der Waals surface area contributed by atoms with Crippen LogP contribution in [0.4, 0.5) is 14.5 Å². The summed E-state index contributed by atoms with van der Waals surface area (Å²) in [4.78, 5) is 0. The van der Waals surface area contributed by atoms with Gasteiger partial charge in [0.25, 0.3) is 0 Å². The van der Waals surface area contributed by atoms with Gasteiger partial charge in [0.05, 0.1) is 5.69 Å². The van der Waals surface area contributed by atoms with Crippen LogP contribution in [0.25, 0.3) is 0 Å². The maximum atomic E-state index is 13.6. The zero-order valence-corrected chi connectivity index (χ0v) is 11.5. The standard InChI is InChI=1S/C15H23F2N/c1-4-6-7-12(5-2)10-18-15-9-13(16)11(3)8-14(15)17/h8-9,12,18H,4-7,10H2,1-3H3. The van der Waals surface area contributed by atoms with Gasteiger partial charge in [-0.25, -0.2) is 8.78 Å². The van der Waals surface area contributed by atoms with Crippen LogP contribution in [-0.4, -0.2) is 6.54 Å². The largest absolute Gasteiger partial charge is 0.382 e. The van der Waals surface area contributed by atoms with E-state index in [-0.39, 0.29) is 17.3 Å². The Hall–Kier alpha value is -1.12. The van der Waals surface area contributed by atoms with Crippen molar-refractivity contribution >= 4 is 5.69 Å². The van der Waals surface area contributed by atoms with Crippen molar-refractivity contribution in [3.8, 4) is 0 Å². The second-order valence-corrected chi connectivity index (χ2v) is 4.88. The summed E-state index contributed by atoms with van der Waals surface area (Å²) in [5.74, 6) is -0.214. The number of hydrogen-bond donors (Lipinski definition) is 1. The monoisotopic (exact) mass is 255 g/mol. The van der Waals surface area contributed by atoms with E-state index in [0.29, 0.717) is 18.0 Å². The van der Waals surface area contributed by atoms with Gasteiger partial charge in [-0.2, -0.15) is 0 Å². The molecule has 0 bridgehead atoms. The first kappa shape index (κ1) is 14.9. The van der Waals surface area contributed by atoms with Crippen LogP contribution in [0.1, 0.15) is 45.1 Å². The Kier molecular flexibility index (Phi) is 6.10. The van der Waals surface area contributed by atoms with E-state index >= 15 is 0 Å². The van der Waals surface area contributed by atoms with Crippen molar-refractivity contribution in [1.82, 2.24) is 0 Å².